The van der Waals surface area contributed by atoms with E-state index in [1.807, 2.05) is 19.1 Å². The van der Waals surface area contributed by atoms with Crippen LogP contribution in [0.15, 0.2) is 59.4 Å². The van der Waals surface area contributed by atoms with E-state index in [2.05, 4.69) is 19.9 Å². The van der Waals surface area contributed by atoms with Crippen LogP contribution in [0.2, 0.25) is 0 Å². The van der Waals surface area contributed by atoms with Crippen molar-refractivity contribution in [2.45, 2.75) is 26.6 Å². The van der Waals surface area contributed by atoms with E-state index in [-0.39, 0.29) is 12.4 Å². The summed E-state index contributed by atoms with van der Waals surface area (Å²) in [6, 6.07) is 12.0. The molecule has 0 aliphatic carbocycles. The van der Waals surface area contributed by atoms with Gasteiger partial charge in [-0.3, -0.25) is 0 Å². The lowest BCUT2D eigenvalue weighted by Gasteiger charge is -2.13. The molecular weight excluding hydrogens is 380 g/mol. The predicted octanol–water partition coefficient (Wildman–Crippen LogP) is 5.16. The van der Waals surface area contributed by atoms with Gasteiger partial charge in [0.2, 0.25) is 0 Å². The van der Waals surface area contributed by atoms with E-state index in [0.29, 0.717) is 29.6 Å². The van der Waals surface area contributed by atoms with Gasteiger partial charge in [0, 0.05) is 19.3 Å². The van der Waals surface area contributed by atoms with E-state index in [9.17, 15) is 8.78 Å². The summed E-state index contributed by atoms with van der Waals surface area (Å²) >= 11 is 0. The Hall–Kier alpha value is -3.55. The van der Waals surface area contributed by atoms with E-state index in [4.69, 9.17) is 9.26 Å². The first-order valence-electron chi connectivity index (χ1n) is 8.85. The fourth-order valence-electron chi connectivity index (χ4n) is 2.92. The third kappa shape index (κ3) is 4.31. The van der Waals surface area contributed by atoms with Gasteiger partial charge in [-0.15, -0.1) is 0 Å². The van der Waals surface area contributed by atoms with E-state index < -0.39 is 6.11 Å². The summed E-state index contributed by atoms with van der Waals surface area (Å²) in [5.74, 6) is 0.957. The molecule has 4 aromatic rings. The van der Waals surface area contributed by atoms with Crippen LogP contribution in [0.5, 0.6) is 11.6 Å². The molecule has 8 heteroatoms. The second kappa shape index (κ2) is 7.46. The van der Waals surface area contributed by atoms with E-state index in [0.717, 1.165) is 16.7 Å². The van der Waals surface area contributed by atoms with Gasteiger partial charge in [-0.25, -0.2) is 9.97 Å². The second-order valence-electron chi connectivity index (χ2n) is 6.55. The third-order valence-electron chi connectivity index (χ3n) is 4.17. The standard InChI is InChI=1S/C21H17F2N3O3/c1-13-10-15(14-4-6-16(7-5-14)28-21(2,22)23)11-17-19(13)29-26-20(17)27-12-18-24-8-3-9-25-18/h3-11H,12H2,1-2H3. The fraction of sp³-hybridized carbons (Fsp3) is 0.190. The van der Waals surface area contributed by atoms with Crippen LogP contribution in [0.3, 0.4) is 0 Å². The van der Waals surface area contributed by atoms with Crippen LogP contribution in [-0.2, 0) is 6.61 Å². The Labute approximate surface area is 165 Å². The van der Waals surface area contributed by atoms with Crippen LogP contribution in [-0.4, -0.2) is 21.2 Å². The molecule has 0 amide bonds. The lowest BCUT2D eigenvalue weighted by molar-refractivity contribution is -0.158. The summed E-state index contributed by atoms with van der Waals surface area (Å²) in [5, 5.41) is 4.71. The Morgan fingerprint density at radius 2 is 1.76 bits per heavy atom. The zero-order valence-corrected chi connectivity index (χ0v) is 15.7. The topological polar surface area (TPSA) is 70.3 Å². The molecule has 2 heterocycles. The number of rotatable bonds is 6. The first-order chi connectivity index (χ1) is 13.9. The molecule has 6 nitrogen and oxygen atoms in total. The van der Waals surface area contributed by atoms with Crippen molar-refractivity contribution >= 4 is 11.0 Å². The van der Waals surface area contributed by atoms with Crippen molar-refractivity contribution in [3.05, 3.63) is 66.2 Å². The van der Waals surface area contributed by atoms with Crippen molar-refractivity contribution in [2.24, 2.45) is 0 Å². The number of aromatic nitrogens is 3. The average molecular weight is 397 g/mol. The molecule has 0 saturated heterocycles. The molecule has 0 radical (unpaired) electrons. The highest BCUT2D eigenvalue weighted by atomic mass is 19.3. The molecule has 2 aromatic heterocycles. The highest BCUT2D eigenvalue weighted by Crippen LogP contribution is 2.34. The van der Waals surface area contributed by atoms with E-state index in [1.165, 1.54) is 12.1 Å². The smallest absolute Gasteiger partial charge is 0.394 e. The maximum absolute atomic E-state index is 13.0. The van der Waals surface area contributed by atoms with Crippen molar-refractivity contribution < 1.29 is 22.8 Å². The van der Waals surface area contributed by atoms with Crippen LogP contribution >= 0.6 is 0 Å². The monoisotopic (exact) mass is 397 g/mol. The van der Waals surface area contributed by atoms with Crippen molar-refractivity contribution in [3.63, 3.8) is 0 Å². The fourth-order valence-corrected chi connectivity index (χ4v) is 2.92. The molecule has 0 aliphatic heterocycles. The van der Waals surface area contributed by atoms with Crippen LogP contribution in [0.25, 0.3) is 22.1 Å². The molecule has 29 heavy (non-hydrogen) atoms. The van der Waals surface area contributed by atoms with Gasteiger partial charge >= 0.3 is 6.11 Å². The van der Waals surface area contributed by atoms with Gasteiger partial charge in [-0.2, -0.15) is 8.78 Å². The highest BCUT2D eigenvalue weighted by molar-refractivity contribution is 5.89. The molecule has 0 N–H and O–H groups in total. The summed E-state index contributed by atoms with van der Waals surface area (Å²) in [7, 11) is 0. The van der Waals surface area contributed by atoms with Gasteiger partial charge in [0.1, 0.15) is 12.4 Å². The number of benzene rings is 2. The molecule has 4 rings (SSSR count). The van der Waals surface area contributed by atoms with Gasteiger partial charge in [0.25, 0.3) is 5.88 Å². The predicted molar refractivity (Wildman–Crippen MR) is 102 cm³/mol. The number of alkyl halides is 2. The lowest BCUT2D eigenvalue weighted by atomic mass is 10.0. The number of hydrogen-bond acceptors (Lipinski definition) is 6. The second-order valence-corrected chi connectivity index (χ2v) is 6.55. The van der Waals surface area contributed by atoms with Crippen LogP contribution < -0.4 is 9.47 Å². The normalized spacial score (nSPS) is 11.6. The summed E-state index contributed by atoms with van der Waals surface area (Å²) < 4.78 is 41.7. The summed E-state index contributed by atoms with van der Waals surface area (Å²) in [5.41, 5.74) is 3.19. The van der Waals surface area contributed by atoms with E-state index >= 15 is 0 Å². The minimum atomic E-state index is -3.23. The average Bonchev–Trinajstić information content (AvgIpc) is 3.10. The highest BCUT2D eigenvalue weighted by Gasteiger charge is 2.23. The molecule has 0 spiro atoms. The van der Waals surface area contributed by atoms with Gasteiger partial charge in [-0.1, -0.05) is 12.1 Å². The molecule has 0 bridgehead atoms. The number of hydrogen-bond donors (Lipinski definition) is 0. The quantitative estimate of drug-likeness (QED) is 0.447. The van der Waals surface area contributed by atoms with Gasteiger partial charge in [0.15, 0.2) is 11.4 Å². The maximum atomic E-state index is 13.0. The summed E-state index contributed by atoms with van der Waals surface area (Å²) in [6.07, 6.45) is 0.0431. The Morgan fingerprint density at radius 1 is 1.03 bits per heavy atom. The molecule has 0 saturated carbocycles. The zero-order valence-electron chi connectivity index (χ0n) is 15.7. The summed E-state index contributed by atoms with van der Waals surface area (Å²) in [4.78, 5) is 8.23. The molecular formula is C21H17F2N3O3. The largest absolute Gasteiger partial charge is 0.467 e. The summed E-state index contributed by atoms with van der Waals surface area (Å²) in [6.45, 7) is 2.76. The lowest BCUT2D eigenvalue weighted by Crippen LogP contribution is -2.18. The molecule has 0 fully saturated rings. The van der Waals surface area contributed by atoms with Crippen molar-refractivity contribution in [2.75, 3.05) is 0 Å². The minimum absolute atomic E-state index is 0.0934. The van der Waals surface area contributed by atoms with Gasteiger partial charge < -0.3 is 14.0 Å². The zero-order chi connectivity index (χ0) is 20.4. The first-order valence-corrected chi connectivity index (χ1v) is 8.85. The number of halogens is 2. The van der Waals surface area contributed by atoms with Crippen LogP contribution in [0.1, 0.15) is 18.3 Å². The number of nitrogens with zero attached hydrogens (tertiary/aromatic N) is 3. The Kier molecular flexibility index (Phi) is 4.84. The number of fused-ring (bicyclic) bond motifs is 1. The molecule has 0 atom stereocenters. The SMILES string of the molecule is Cc1cc(-c2ccc(OC(C)(F)F)cc2)cc2c(OCc3ncccn3)noc12. The van der Waals surface area contributed by atoms with Crippen molar-refractivity contribution in [1.82, 2.24) is 15.1 Å². The van der Waals surface area contributed by atoms with Crippen LogP contribution in [0, 0.1) is 6.92 Å². The van der Waals surface area contributed by atoms with Gasteiger partial charge in [0.05, 0.1) is 5.39 Å². The molecule has 148 valence electrons. The minimum Gasteiger partial charge on any atom is -0.467 e. The Morgan fingerprint density at radius 3 is 2.45 bits per heavy atom. The molecule has 2 aromatic carbocycles. The third-order valence-corrected chi connectivity index (χ3v) is 4.17. The number of ether oxygens (including phenoxy) is 2. The maximum Gasteiger partial charge on any atom is 0.394 e. The van der Waals surface area contributed by atoms with Crippen molar-refractivity contribution in [3.8, 4) is 22.8 Å². The van der Waals surface area contributed by atoms with Crippen LogP contribution in [0.4, 0.5) is 8.78 Å². The van der Waals surface area contributed by atoms with Gasteiger partial charge in [-0.05, 0) is 59.1 Å². The van der Waals surface area contributed by atoms with Crippen molar-refractivity contribution in [1.29, 1.82) is 0 Å². The first kappa shape index (κ1) is 18.8. The Bertz CT molecular complexity index is 1120. The Balaban J connectivity index is 1.62. The molecule has 0 unspecified atom stereocenters. The van der Waals surface area contributed by atoms with E-state index in [1.54, 1.807) is 30.6 Å². The molecule has 0 aliphatic rings. The number of aryl methyl sites for hydroxylation is 1.